The molecule has 0 unspecified atom stereocenters. The molecule has 1 aromatic carbocycles. The molecule has 1 amide bonds. The number of fused-ring (bicyclic) bond motifs is 2. The second-order valence-electron chi connectivity index (χ2n) is 10.9. The zero-order chi connectivity index (χ0) is 29.5. The Labute approximate surface area is 245 Å². The highest BCUT2D eigenvalue weighted by Crippen LogP contribution is 2.34. The fourth-order valence-electron chi connectivity index (χ4n) is 4.90. The van der Waals surface area contributed by atoms with E-state index in [4.69, 9.17) is 9.72 Å². The number of carbonyl (C=O) groups is 1. The number of amides is 1. The van der Waals surface area contributed by atoms with Crippen molar-refractivity contribution >= 4 is 33.7 Å². The average Bonchev–Trinajstić information content (AvgIpc) is 3.62. The van der Waals surface area contributed by atoms with Gasteiger partial charge in [0.05, 0.1) is 34.8 Å². The SMILES string of the molecule is CN(C)CCOc1cc(F)cc(-c2ccnc3nc(-c4n[nH]c5cnc(-c6cncc(NC(=O)C7CC7)c6)cc45)[nH]c23)c1. The monoisotopic (exact) mass is 577 g/mol. The maximum atomic E-state index is 14.6. The van der Waals surface area contributed by atoms with Crippen LogP contribution in [0.2, 0.25) is 0 Å². The molecule has 5 heterocycles. The number of imidazole rings is 1. The van der Waals surface area contributed by atoms with Crippen LogP contribution < -0.4 is 10.1 Å². The number of rotatable bonds is 9. The first-order chi connectivity index (χ1) is 20.9. The lowest BCUT2D eigenvalue weighted by Crippen LogP contribution is -2.19. The van der Waals surface area contributed by atoms with Crippen molar-refractivity contribution in [3.8, 4) is 39.7 Å². The van der Waals surface area contributed by atoms with Crippen LogP contribution >= 0.6 is 0 Å². The first kappa shape index (κ1) is 26.7. The van der Waals surface area contributed by atoms with E-state index in [0.29, 0.717) is 58.5 Å². The van der Waals surface area contributed by atoms with E-state index >= 15 is 0 Å². The van der Waals surface area contributed by atoms with E-state index < -0.39 is 5.82 Å². The molecular formula is C31H28FN9O2. The molecule has 0 spiro atoms. The second kappa shape index (κ2) is 10.9. The molecule has 1 aliphatic rings. The number of H-pyrrole nitrogens is 2. The molecule has 0 atom stereocenters. The highest BCUT2D eigenvalue weighted by atomic mass is 19.1. The van der Waals surface area contributed by atoms with Crippen LogP contribution in [0.25, 0.3) is 56.0 Å². The molecule has 12 heteroatoms. The first-order valence-electron chi connectivity index (χ1n) is 14.0. The van der Waals surface area contributed by atoms with E-state index in [1.807, 2.05) is 43.3 Å². The Morgan fingerprint density at radius 3 is 2.81 bits per heavy atom. The van der Waals surface area contributed by atoms with Crippen LogP contribution in [0, 0.1) is 11.7 Å². The van der Waals surface area contributed by atoms with Gasteiger partial charge in [-0.25, -0.2) is 14.4 Å². The van der Waals surface area contributed by atoms with Gasteiger partial charge in [0.15, 0.2) is 11.5 Å². The number of benzene rings is 1. The fraction of sp³-hybridized carbons (Fsp3) is 0.226. The number of aromatic amines is 2. The molecule has 0 aliphatic heterocycles. The van der Waals surface area contributed by atoms with E-state index in [1.165, 1.54) is 12.1 Å². The summed E-state index contributed by atoms with van der Waals surface area (Å²) in [5.74, 6) is 0.663. The van der Waals surface area contributed by atoms with E-state index in [0.717, 1.165) is 34.9 Å². The second-order valence-corrected chi connectivity index (χ2v) is 10.9. The standard InChI is InChI=1S/C31H28FN9O2/c1-41(2)7-8-43-22-11-18(9-20(32)12-22)23-5-6-34-29-27(23)37-30(38-29)28-24-13-25(35-16-26(24)39-40-28)19-10-21(15-33-14-19)36-31(42)17-3-4-17/h5-6,9-17H,3-4,7-8H2,1-2H3,(H,36,42)(H,39,40)(H,34,37,38). The number of nitrogens with one attached hydrogen (secondary N) is 3. The van der Waals surface area contributed by atoms with Gasteiger partial charge in [-0.1, -0.05) is 0 Å². The number of likely N-dealkylation sites (N-methyl/N-ethyl adjacent to an activating group) is 1. The number of nitrogens with zero attached hydrogens (tertiary/aromatic N) is 6. The minimum Gasteiger partial charge on any atom is -0.492 e. The lowest BCUT2D eigenvalue weighted by molar-refractivity contribution is -0.117. The van der Waals surface area contributed by atoms with Crippen LogP contribution in [0.1, 0.15) is 12.8 Å². The van der Waals surface area contributed by atoms with Crippen molar-refractivity contribution in [2.45, 2.75) is 12.8 Å². The predicted molar refractivity (Wildman–Crippen MR) is 161 cm³/mol. The maximum Gasteiger partial charge on any atom is 0.227 e. The van der Waals surface area contributed by atoms with Crippen LogP contribution in [-0.4, -0.2) is 73.2 Å². The van der Waals surface area contributed by atoms with Crippen molar-refractivity contribution in [2.24, 2.45) is 5.92 Å². The molecule has 0 saturated heterocycles. The maximum absolute atomic E-state index is 14.6. The van der Waals surface area contributed by atoms with Crippen LogP contribution in [0.5, 0.6) is 5.75 Å². The molecule has 1 saturated carbocycles. The zero-order valence-electron chi connectivity index (χ0n) is 23.6. The third-order valence-corrected chi connectivity index (χ3v) is 7.30. The summed E-state index contributed by atoms with van der Waals surface area (Å²) in [6.07, 6.45) is 8.53. The van der Waals surface area contributed by atoms with Crippen molar-refractivity contribution in [2.75, 3.05) is 32.6 Å². The van der Waals surface area contributed by atoms with Crippen molar-refractivity contribution < 1.29 is 13.9 Å². The number of ether oxygens (including phenoxy) is 1. The highest BCUT2D eigenvalue weighted by molar-refractivity contribution is 5.97. The Hall–Kier alpha value is -5.23. The number of hydrogen-bond acceptors (Lipinski definition) is 8. The molecule has 6 aromatic rings. The van der Waals surface area contributed by atoms with Gasteiger partial charge in [0.1, 0.15) is 23.9 Å². The molecular weight excluding hydrogens is 549 g/mol. The van der Waals surface area contributed by atoms with Gasteiger partial charge in [-0.05, 0) is 62.8 Å². The summed E-state index contributed by atoms with van der Waals surface area (Å²) in [7, 11) is 3.91. The summed E-state index contributed by atoms with van der Waals surface area (Å²) in [6, 6.07) is 10.2. The Balaban J connectivity index is 1.23. The largest absolute Gasteiger partial charge is 0.492 e. The van der Waals surface area contributed by atoms with Gasteiger partial charge >= 0.3 is 0 Å². The summed E-state index contributed by atoms with van der Waals surface area (Å²) < 4.78 is 20.4. The van der Waals surface area contributed by atoms with E-state index in [2.05, 4.69) is 35.5 Å². The third kappa shape index (κ3) is 5.52. The van der Waals surface area contributed by atoms with Gasteiger partial charge in [0, 0.05) is 47.4 Å². The molecule has 7 rings (SSSR count). The minimum absolute atomic E-state index is 0.0173. The zero-order valence-corrected chi connectivity index (χ0v) is 23.6. The van der Waals surface area contributed by atoms with Crippen molar-refractivity contribution in [3.63, 3.8) is 0 Å². The average molecular weight is 578 g/mol. The van der Waals surface area contributed by atoms with Crippen molar-refractivity contribution in [3.05, 3.63) is 67.0 Å². The lowest BCUT2D eigenvalue weighted by Gasteiger charge is -2.12. The fourth-order valence-corrected chi connectivity index (χ4v) is 4.90. The lowest BCUT2D eigenvalue weighted by atomic mass is 10.1. The first-order valence-corrected chi connectivity index (χ1v) is 14.0. The smallest absolute Gasteiger partial charge is 0.227 e. The summed E-state index contributed by atoms with van der Waals surface area (Å²) in [4.78, 5) is 35.6. The van der Waals surface area contributed by atoms with E-state index in [1.54, 1.807) is 24.8 Å². The van der Waals surface area contributed by atoms with E-state index in [-0.39, 0.29) is 11.8 Å². The summed E-state index contributed by atoms with van der Waals surface area (Å²) in [5, 5.41) is 11.3. The molecule has 5 aromatic heterocycles. The van der Waals surface area contributed by atoms with Gasteiger partial charge in [0.25, 0.3) is 0 Å². The molecule has 1 aliphatic carbocycles. The highest BCUT2D eigenvalue weighted by Gasteiger charge is 2.29. The molecule has 1 fully saturated rings. The van der Waals surface area contributed by atoms with Gasteiger partial charge < -0.3 is 19.9 Å². The topological polar surface area (TPSA) is 138 Å². The van der Waals surface area contributed by atoms with E-state index in [9.17, 15) is 9.18 Å². The quantitative estimate of drug-likeness (QED) is 0.217. The van der Waals surface area contributed by atoms with Crippen LogP contribution in [0.3, 0.4) is 0 Å². The van der Waals surface area contributed by atoms with Crippen LogP contribution in [0.15, 0.2) is 61.2 Å². The van der Waals surface area contributed by atoms with Gasteiger partial charge in [0.2, 0.25) is 5.91 Å². The summed E-state index contributed by atoms with van der Waals surface area (Å²) in [5.41, 5.74) is 5.86. The molecule has 3 N–H and O–H groups in total. The Morgan fingerprint density at radius 1 is 1.09 bits per heavy atom. The molecule has 11 nitrogen and oxygen atoms in total. The van der Waals surface area contributed by atoms with Gasteiger partial charge in [-0.3, -0.25) is 19.9 Å². The van der Waals surface area contributed by atoms with Crippen LogP contribution in [-0.2, 0) is 4.79 Å². The normalized spacial score (nSPS) is 13.2. The summed E-state index contributed by atoms with van der Waals surface area (Å²) in [6.45, 7) is 1.15. The number of pyridine rings is 3. The van der Waals surface area contributed by atoms with Crippen molar-refractivity contribution in [1.29, 1.82) is 0 Å². The Morgan fingerprint density at radius 2 is 1.98 bits per heavy atom. The number of carbonyl (C=O) groups excluding carboxylic acids is 1. The Bertz CT molecular complexity index is 1980. The number of anilines is 1. The van der Waals surface area contributed by atoms with Gasteiger partial charge in [-0.15, -0.1) is 0 Å². The van der Waals surface area contributed by atoms with Crippen molar-refractivity contribution in [1.82, 2.24) is 40.0 Å². The number of hydrogen-bond donors (Lipinski definition) is 3. The predicted octanol–water partition coefficient (Wildman–Crippen LogP) is 5.05. The summed E-state index contributed by atoms with van der Waals surface area (Å²) >= 11 is 0. The third-order valence-electron chi connectivity index (χ3n) is 7.30. The molecule has 0 radical (unpaired) electrons. The number of aromatic nitrogens is 7. The minimum atomic E-state index is -0.397. The molecule has 0 bridgehead atoms. The van der Waals surface area contributed by atoms with Crippen LogP contribution in [0.4, 0.5) is 10.1 Å². The van der Waals surface area contributed by atoms with Gasteiger partial charge in [-0.2, -0.15) is 5.10 Å². The molecule has 216 valence electrons. The Kier molecular flexibility index (Phi) is 6.74. The number of halogens is 1. The molecule has 43 heavy (non-hydrogen) atoms.